The van der Waals surface area contributed by atoms with E-state index in [4.69, 9.17) is 0 Å². The molecule has 0 spiro atoms. The second kappa shape index (κ2) is 15.3. The number of nitrogens with one attached hydrogen (secondary N) is 4. The van der Waals surface area contributed by atoms with Crippen molar-refractivity contribution in [1.82, 2.24) is 21.3 Å². The Morgan fingerprint density at radius 3 is 1.46 bits per heavy atom. The molecule has 0 aliphatic carbocycles. The zero-order valence-electron chi connectivity index (χ0n) is 19.5. The predicted molar refractivity (Wildman–Crippen MR) is 116 cm³/mol. The monoisotopic (exact) mass is 400 g/mol. The first-order valence-corrected chi connectivity index (χ1v) is 10.6. The van der Waals surface area contributed by atoms with E-state index < -0.39 is 5.54 Å². The van der Waals surface area contributed by atoms with E-state index in [0.29, 0.717) is 38.5 Å². The van der Waals surface area contributed by atoms with Gasteiger partial charge in [-0.15, -0.1) is 0 Å². The number of amides is 3. The summed E-state index contributed by atoms with van der Waals surface area (Å²) in [6.07, 6.45) is 0.386. The van der Waals surface area contributed by atoms with E-state index >= 15 is 0 Å². The number of carbonyl (C=O) groups excluding carboxylic acids is 3. The number of rotatable bonds is 12. The molecule has 28 heavy (non-hydrogen) atoms. The van der Waals surface area contributed by atoms with Crippen LogP contribution in [-0.4, -0.2) is 49.4 Å². The van der Waals surface area contributed by atoms with Gasteiger partial charge in [0.15, 0.2) is 0 Å². The molecule has 7 nitrogen and oxygen atoms in total. The average Bonchev–Trinajstić information content (AvgIpc) is 2.67. The van der Waals surface area contributed by atoms with E-state index in [2.05, 4.69) is 35.1 Å². The van der Waals surface area contributed by atoms with E-state index in [-0.39, 0.29) is 29.6 Å². The van der Waals surface area contributed by atoms with Gasteiger partial charge in [-0.2, -0.15) is 0 Å². The Kier molecular flexibility index (Phi) is 15.6. The van der Waals surface area contributed by atoms with Gasteiger partial charge in [0.05, 0.1) is 5.54 Å². The maximum atomic E-state index is 12.1. The molecule has 0 fully saturated rings. The lowest BCUT2D eigenvalue weighted by Crippen LogP contribution is -2.65. The molecule has 166 valence electrons. The van der Waals surface area contributed by atoms with E-state index in [1.165, 1.54) is 0 Å². The molecule has 3 amide bonds. The summed E-state index contributed by atoms with van der Waals surface area (Å²) in [7, 11) is 0. The minimum Gasteiger partial charge on any atom is -0.354 e. The highest BCUT2D eigenvalue weighted by Crippen LogP contribution is 2.06. The van der Waals surface area contributed by atoms with Gasteiger partial charge in [-0.25, -0.2) is 0 Å². The predicted octanol–water partition coefficient (Wildman–Crippen LogP) is 2.07. The normalized spacial score (nSPS) is 11.1. The van der Waals surface area contributed by atoms with Gasteiger partial charge in [0.1, 0.15) is 0 Å². The fraction of sp³-hybridized carbons (Fsp3) is 0.857. The van der Waals surface area contributed by atoms with Crippen LogP contribution in [0.5, 0.6) is 0 Å². The minimum atomic E-state index is -0.649. The molecular weight excluding hydrogens is 356 g/mol. The van der Waals surface area contributed by atoms with Crippen molar-refractivity contribution in [2.75, 3.05) is 26.2 Å². The van der Waals surface area contributed by atoms with Crippen molar-refractivity contribution >= 4 is 17.7 Å². The summed E-state index contributed by atoms with van der Waals surface area (Å²) in [5.74, 6) is -0.0547. The van der Waals surface area contributed by atoms with Crippen LogP contribution in [0.2, 0.25) is 0 Å². The third-order valence-corrected chi connectivity index (χ3v) is 4.08. The van der Waals surface area contributed by atoms with Crippen molar-refractivity contribution in [1.29, 1.82) is 0 Å². The molecule has 0 radical (unpaired) electrons. The molecule has 0 saturated heterocycles. The summed E-state index contributed by atoms with van der Waals surface area (Å²) in [4.78, 5) is 35.9. The maximum absolute atomic E-state index is 12.1. The van der Waals surface area contributed by atoms with Gasteiger partial charge < -0.3 is 21.3 Å². The molecule has 4 N–H and O–H groups in total. The fourth-order valence-corrected chi connectivity index (χ4v) is 2.11. The Hall–Kier alpha value is -1.63. The molecule has 0 aliphatic heterocycles. The van der Waals surface area contributed by atoms with Crippen molar-refractivity contribution in [3.63, 3.8) is 0 Å². The highest BCUT2D eigenvalue weighted by atomic mass is 16.2. The molecule has 0 saturated carbocycles. The lowest BCUT2D eigenvalue weighted by atomic mass is 9.96. The summed E-state index contributed by atoms with van der Waals surface area (Å²) >= 11 is 0. The zero-order valence-corrected chi connectivity index (χ0v) is 19.5. The second-order valence-electron chi connectivity index (χ2n) is 7.93. The van der Waals surface area contributed by atoms with Gasteiger partial charge in [0.25, 0.3) is 0 Å². The molecule has 0 heterocycles. The highest BCUT2D eigenvalue weighted by molar-refractivity contribution is 5.79. The number of hydrogen-bond donors (Lipinski definition) is 4. The topological polar surface area (TPSA) is 99.3 Å². The molecule has 0 aromatic rings. The summed E-state index contributed by atoms with van der Waals surface area (Å²) in [6, 6.07) is 0. The molecule has 0 aliphatic rings. The van der Waals surface area contributed by atoms with Gasteiger partial charge in [0.2, 0.25) is 17.7 Å². The van der Waals surface area contributed by atoms with Crippen LogP contribution in [0.4, 0.5) is 0 Å². The number of hydrogen-bond acceptors (Lipinski definition) is 4. The van der Waals surface area contributed by atoms with Crippen LogP contribution in [0.1, 0.15) is 68.7 Å². The van der Waals surface area contributed by atoms with Gasteiger partial charge in [-0.1, -0.05) is 62.3 Å². The van der Waals surface area contributed by atoms with Crippen molar-refractivity contribution in [3.8, 4) is 0 Å². The number of carbonyl (C=O) groups is 3. The van der Waals surface area contributed by atoms with E-state index in [0.717, 1.165) is 0 Å². The first kappa shape index (κ1) is 28.6. The quantitative estimate of drug-likeness (QED) is 0.403. The summed E-state index contributed by atoms with van der Waals surface area (Å²) in [5.41, 5.74) is -0.649. The van der Waals surface area contributed by atoms with Crippen molar-refractivity contribution in [2.24, 2.45) is 17.8 Å². The first-order chi connectivity index (χ1) is 13.0. The largest absolute Gasteiger partial charge is 0.354 e. The Labute approximate surface area is 172 Å². The lowest BCUT2D eigenvalue weighted by molar-refractivity contribution is -0.124. The van der Waals surface area contributed by atoms with Crippen LogP contribution in [0.15, 0.2) is 0 Å². The SMILES string of the molecule is CC.CCC(=O)NCC(CNC(=O)C(C)C)(CNC(=O)C(C)C)NCC(C)C. The third kappa shape index (κ3) is 12.7. The van der Waals surface area contributed by atoms with E-state index in [1.54, 1.807) is 6.92 Å². The Morgan fingerprint density at radius 2 is 1.14 bits per heavy atom. The molecule has 0 aromatic carbocycles. The van der Waals surface area contributed by atoms with E-state index in [1.807, 2.05) is 41.5 Å². The Morgan fingerprint density at radius 1 is 0.750 bits per heavy atom. The first-order valence-electron chi connectivity index (χ1n) is 10.6. The third-order valence-electron chi connectivity index (χ3n) is 4.08. The molecule has 0 bridgehead atoms. The maximum Gasteiger partial charge on any atom is 0.222 e. The van der Waals surface area contributed by atoms with Crippen LogP contribution >= 0.6 is 0 Å². The van der Waals surface area contributed by atoms with Crippen molar-refractivity contribution in [2.45, 2.75) is 74.3 Å². The lowest BCUT2D eigenvalue weighted by Gasteiger charge is -2.37. The molecule has 7 heteroatoms. The summed E-state index contributed by atoms with van der Waals surface area (Å²) < 4.78 is 0. The smallest absolute Gasteiger partial charge is 0.222 e. The van der Waals surface area contributed by atoms with Gasteiger partial charge >= 0.3 is 0 Å². The summed E-state index contributed by atoms with van der Waals surface area (Å²) in [5, 5.41) is 12.2. The van der Waals surface area contributed by atoms with Gasteiger partial charge in [0, 0.05) is 37.9 Å². The standard InChI is InChI=1S/C19H38N4O3.C2H6/c1-8-16(24)20-10-19(23-9-13(2)3,11-21-17(25)14(4)5)12-22-18(26)15(6)7;1-2/h13-15,23H,8-12H2,1-7H3,(H,20,24)(H,21,25)(H,22,26);1-2H3. The van der Waals surface area contributed by atoms with Crippen molar-refractivity contribution < 1.29 is 14.4 Å². The van der Waals surface area contributed by atoms with Crippen LogP contribution in [0.25, 0.3) is 0 Å². The van der Waals surface area contributed by atoms with Gasteiger partial charge in [-0.3, -0.25) is 14.4 Å². The molecule has 0 atom stereocenters. The summed E-state index contributed by atoms with van der Waals surface area (Å²) in [6.45, 7) is 19.0. The minimum absolute atomic E-state index is 0.0577. The van der Waals surface area contributed by atoms with Crippen LogP contribution in [-0.2, 0) is 14.4 Å². The van der Waals surface area contributed by atoms with Crippen LogP contribution in [0, 0.1) is 17.8 Å². The van der Waals surface area contributed by atoms with Crippen molar-refractivity contribution in [3.05, 3.63) is 0 Å². The molecule has 0 unspecified atom stereocenters. The molecule has 0 aromatic heterocycles. The average molecular weight is 401 g/mol. The van der Waals surface area contributed by atoms with Crippen LogP contribution in [0.3, 0.4) is 0 Å². The zero-order chi connectivity index (χ0) is 22.3. The van der Waals surface area contributed by atoms with E-state index in [9.17, 15) is 14.4 Å². The molecular formula is C21H44N4O3. The molecule has 0 rings (SSSR count). The highest BCUT2D eigenvalue weighted by Gasteiger charge is 2.32. The van der Waals surface area contributed by atoms with Crippen LogP contribution < -0.4 is 21.3 Å². The second-order valence-corrected chi connectivity index (χ2v) is 7.93. The Bertz CT molecular complexity index is 439. The fourth-order valence-electron chi connectivity index (χ4n) is 2.11. The Balaban J connectivity index is 0. The van der Waals surface area contributed by atoms with Gasteiger partial charge in [-0.05, 0) is 12.5 Å².